The molecule has 3 aliphatic carbocycles. The zero-order valence-electron chi connectivity index (χ0n) is 8.21. The summed E-state index contributed by atoms with van der Waals surface area (Å²) < 4.78 is 0. The lowest BCUT2D eigenvalue weighted by Gasteiger charge is -2.61. The van der Waals surface area contributed by atoms with Crippen LogP contribution in [0.3, 0.4) is 0 Å². The molecule has 0 aromatic rings. The third-order valence-electron chi connectivity index (χ3n) is 4.48. The van der Waals surface area contributed by atoms with Crippen molar-refractivity contribution >= 4 is 6.29 Å². The summed E-state index contributed by atoms with van der Waals surface area (Å²) in [5, 5.41) is 0. The summed E-state index contributed by atoms with van der Waals surface area (Å²) in [6.45, 7) is 6.88. The van der Waals surface area contributed by atoms with Crippen molar-refractivity contribution < 1.29 is 4.79 Å². The first kappa shape index (κ1) is 8.28. The molecule has 68 valence electrons. The summed E-state index contributed by atoms with van der Waals surface area (Å²) in [4.78, 5) is 10.9. The highest BCUT2D eigenvalue weighted by atomic mass is 16.1. The van der Waals surface area contributed by atoms with Gasteiger partial charge in [-0.3, -0.25) is 0 Å². The number of carbonyl (C=O) groups excluding carboxylic acids is 1. The minimum absolute atomic E-state index is 0.352. The van der Waals surface area contributed by atoms with Crippen LogP contribution in [0.1, 0.15) is 33.6 Å². The molecule has 3 aliphatic rings. The van der Waals surface area contributed by atoms with Crippen molar-refractivity contribution in [2.75, 3.05) is 0 Å². The third kappa shape index (κ3) is 0.826. The fraction of sp³-hybridized carbons (Fsp3) is 0.909. The molecule has 0 radical (unpaired) electrons. The summed E-state index contributed by atoms with van der Waals surface area (Å²) in [5.74, 6) is 2.57. The first-order chi connectivity index (χ1) is 5.57. The van der Waals surface area contributed by atoms with Crippen LogP contribution in [0.4, 0.5) is 0 Å². The molecule has 0 heterocycles. The molecule has 0 aromatic carbocycles. The van der Waals surface area contributed by atoms with Gasteiger partial charge in [-0.25, -0.2) is 0 Å². The first-order valence-corrected chi connectivity index (χ1v) is 5.02. The Labute approximate surface area is 74.5 Å². The van der Waals surface area contributed by atoms with Gasteiger partial charge in [0.1, 0.15) is 6.29 Å². The maximum absolute atomic E-state index is 10.9. The smallest absolute Gasteiger partial charge is 0.123 e. The summed E-state index contributed by atoms with van der Waals surface area (Å²) in [7, 11) is 0. The van der Waals surface area contributed by atoms with Crippen LogP contribution in [0, 0.1) is 29.1 Å². The maximum atomic E-state index is 10.9. The summed E-state index contributed by atoms with van der Waals surface area (Å²) >= 11 is 0. The van der Waals surface area contributed by atoms with Crippen molar-refractivity contribution in [2.24, 2.45) is 29.1 Å². The quantitative estimate of drug-likeness (QED) is 0.547. The Kier molecular flexibility index (Phi) is 1.61. The van der Waals surface area contributed by atoms with E-state index < -0.39 is 0 Å². The van der Waals surface area contributed by atoms with E-state index in [2.05, 4.69) is 20.8 Å². The highest BCUT2D eigenvalue weighted by molar-refractivity contribution is 5.56. The number of hydrogen-bond donors (Lipinski definition) is 0. The van der Waals surface area contributed by atoms with E-state index in [9.17, 15) is 4.79 Å². The molecule has 3 fully saturated rings. The van der Waals surface area contributed by atoms with Gasteiger partial charge in [0.15, 0.2) is 0 Å². The number of hydrogen-bond acceptors (Lipinski definition) is 1. The molecule has 1 heteroatoms. The van der Waals surface area contributed by atoms with Gasteiger partial charge in [0.05, 0.1) is 0 Å². The molecule has 3 rings (SSSR count). The first-order valence-electron chi connectivity index (χ1n) is 5.02. The van der Waals surface area contributed by atoms with Gasteiger partial charge >= 0.3 is 0 Å². The highest BCUT2D eigenvalue weighted by Gasteiger charge is 2.56. The van der Waals surface area contributed by atoms with E-state index in [4.69, 9.17) is 0 Å². The second-order valence-corrected chi connectivity index (χ2v) is 5.29. The second-order valence-electron chi connectivity index (χ2n) is 5.29. The van der Waals surface area contributed by atoms with Gasteiger partial charge in [-0.05, 0) is 36.0 Å². The van der Waals surface area contributed by atoms with Crippen molar-refractivity contribution in [1.29, 1.82) is 0 Å². The van der Waals surface area contributed by atoms with Crippen LogP contribution < -0.4 is 0 Å². The molecule has 0 aliphatic heterocycles. The molecule has 3 saturated carbocycles. The van der Waals surface area contributed by atoms with Crippen LogP contribution in [0.15, 0.2) is 0 Å². The van der Waals surface area contributed by atoms with E-state index in [0.29, 0.717) is 23.2 Å². The molecule has 1 unspecified atom stereocenters. The van der Waals surface area contributed by atoms with Gasteiger partial charge < -0.3 is 4.79 Å². The van der Waals surface area contributed by atoms with Crippen molar-refractivity contribution in [1.82, 2.24) is 0 Å². The van der Waals surface area contributed by atoms with Gasteiger partial charge in [0, 0.05) is 5.92 Å². The van der Waals surface area contributed by atoms with Crippen LogP contribution in [0.2, 0.25) is 0 Å². The standard InChI is InChI=1S/C11H18O/c1-7-4-8-5-10(9(7)6-12)11(8,2)3/h6-10H,4-5H2,1-3H3/t7-,8-,9?,10-/m1/s1. The Morgan fingerprint density at radius 2 is 2.00 bits per heavy atom. The van der Waals surface area contributed by atoms with Crippen molar-refractivity contribution in [3.63, 3.8) is 0 Å². The van der Waals surface area contributed by atoms with E-state index in [1.165, 1.54) is 19.1 Å². The Balaban J connectivity index is 2.20. The zero-order valence-corrected chi connectivity index (χ0v) is 8.21. The minimum atomic E-state index is 0.352. The van der Waals surface area contributed by atoms with Gasteiger partial charge in [-0.15, -0.1) is 0 Å². The number of aldehydes is 1. The fourth-order valence-electron chi connectivity index (χ4n) is 3.34. The molecule has 0 saturated heterocycles. The van der Waals surface area contributed by atoms with Crippen LogP contribution >= 0.6 is 0 Å². The predicted octanol–water partition coefficient (Wildman–Crippen LogP) is 2.50. The largest absolute Gasteiger partial charge is 0.303 e. The molecule has 4 atom stereocenters. The van der Waals surface area contributed by atoms with Crippen molar-refractivity contribution in [3.8, 4) is 0 Å². The molecule has 0 spiro atoms. The summed E-state index contributed by atoms with van der Waals surface area (Å²) in [5.41, 5.74) is 0.456. The zero-order chi connectivity index (χ0) is 8.93. The van der Waals surface area contributed by atoms with Crippen LogP contribution in [0.25, 0.3) is 0 Å². The van der Waals surface area contributed by atoms with Crippen LogP contribution in [-0.4, -0.2) is 6.29 Å². The summed E-state index contributed by atoms with van der Waals surface area (Å²) in [6, 6.07) is 0. The summed E-state index contributed by atoms with van der Waals surface area (Å²) in [6.07, 6.45) is 3.78. The van der Waals surface area contributed by atoms with E-state index in [0.717, 1.165) is 5.92 Å². The Morgan fingerprint density at radius 3 is 2.42 bits per heavy atom. The lowest BCUT2D eigenvalue weighted by molar-refractivity contribution is -0.146. The van der Waals surface area contributed by atoms with Gasteiger partial charge in [-0.1, -0.05) is 20.8 Å². The Morgan fingerprint density at radius 1 is 1.33 bits per heavy atom. The molecule has 1 nitrogen and oxygen atoms in total. The van der Waals surface area contributed by atoms with Gasteiger partial charge in [-0.2, -0.15) is 0 Å². The van der Waals surface area contributed by atoms with Crippen LogP contribution in [-0.2, 0) is 4.79 Å². The van der Waals surface area contributed by atoms with Gasteiger partial charge in [0.2, 0.25) is 0 Å². The van der Waals surface area contributed by atoms with Crippen molar-refractivity contribution in [3.05, 3.63) is 0 Å². The SMILES string of the molecule is C[C@@H]1C[C@@H]2C[C@H](C1C=O)C2(C)C. The molecule has 0 aromatic heterocycles. The van der Waals surface area contributed by atoms with E-state index in [1.807, 2.05) is 0 Å². The van der Waals surface area contributed by atoms with E-state index in [-0.39, 0.29) is 0 Å². The lowest BCUT2D eigenvalue weighted by Crippen LogP contribution is -2.55. The molecular weight excluding hydrogens is 148 g/mol. The Hall–Kier alpha value is -0.330. The second kappa shape index (κ2) is 2.34. The lowest BCUT2D eigenvalue weighted by atomic mass is 9.43. The normalized spacial score (nSPS) is 49.6. The average Bonchev–Trinajstić information content (AvgIpc) is 2.03. The molecule has 2 bridgehead atoms. The molecule has 12 heavy (non-hydrogen) atoms. The van der Waals surface area contributed by atoms with E-state index >= 15 is 0 Å². The van der Waals surface area contributed by atoms with Crippen molar-refractivity contribution in [2.45, 2.75) is 33.6 Å². The fourth-order valence-corrected chi connectivity index (χ4v) is 3.34. The maximum Gasteiger partial charge on any atom is 0.123 e. The monoisotopic (exact) mass is 166 g/mol. The van der Waals surface area contributed by atoms with E-state index in [1.54, 1.807) is 0 Å². The number of rotatable bonds is 1. The predicted molar refractivity (Wildman–Crippen MR) is 48.7 cm³/mol. The number of carbonyl (C=O) groups is 1. The highest BCUT2D eigenvalue weighted by Crippen LogP contribution is 2.62. The topological polar surface area (TPSA) is 17.1 Å². The average molecular weight is 166 g/mol. The molecule has 0 N–H and O–H groups in total. The molecular formula is C11H18O. The number of fused-ring (bicyclic) bond motifs is 2. The Bertz CT molecular complexity index is 207. The van der Waals surface area contributed by atoms with Gasteiger partial charge in [0.25, 0.3) is 0 Å². The molecule has 0 amide bonds. The van der Waals surface area contributed by atoms with Crippen LogP contribution in [0.5, 0.6) is 0 Å². The third-order valence-corrected chi connectivity index (χ3v) is 4.48. The minimum Gasteiger partial charge on any atom is -0.303 e.